The lowest BCUT2D eigenvalue weighted by molar-refractivity contribution is 0.242. The third kappa shape index (κ3) is 3.13. The molecule has 0 aromatic heterocycles. The summed E-state index contributed by atoms with van der Waals surface area (Å²) in [4.78, 5) is 10.4. The van der Waals surface area contributed by atoms with Gasteiger partial charge in [0.2, 0.25) is 0 Å². The largest absolute Gasteiger partial charge is 0.351 e. The van der Waals surface area contributed by atoms with E-state index in [2.05, 4.69) is 10.9 Å². The monoisotopic (exact) mass is 179 g/mol. The van der Waals surface area contributed by atoms with Crippen molar-refractivity contribution in [2.45, 2.75) is 13.0 Å². The first-order chi connectivity index (χ1) is 6.20. The van der Waals surface area contributed by atoms with Gasteiger partial charge < -0.3 is 5.73 Å². The van der Waals surface area contributed by atoms with Crippen molar-refractivity contribution in [2.75, 3.05) is 0 Å². The van der Waals surface area contributed by atoms with Crippen LogP contribution in [0.5, 0.6) is 0 Å². The molecule has 0 aliphatic rings. The highest BCUT2D eigenvalue weighted by atomic mass is 16.2. The average molecular weight is 179 g/mol. The van der Waals surface area contributed by atoms with Gasteiger partial charge in [0.15, 0.2) is 0 Å². The number of amides is 2. The molecule has 13 heavy (non-hydrogen) atoms. The average Bonchev–Trinajstić information content (AvgIpc) is 2.15. The highest BCUT2D eigenvalue weighted by Gasteiger charge is 2.03. The number of carbonyl (C=O) groups is 1. The Bertz CT molecular complexity index is 273. The van der Waals surface area contributed by atoms with Crippen LogP contribution in [0.3, 0.4) is 0 Å². The van der Waals surface area contributed by atoms with Crippen molar-refractivity contribution in [1.29, 1.82) is 0 Å². The van der Waals surface area contributed by atoms with Gasteiger partial charge in [-0.3, -0.25) is 5.43 Å². The van der Waals surface area contributed by atoms with Crippen LogP contribution in [0.2, 0.25) is 0 Å². The second-order valence-electron chi connectivity index (χ2n) is 2.77. The predicted molar refractivity (Wildman–Crippen MR) is 50.7 cm³/mol. The van der Waals surface area contributed by atoms with Crippen LogP contribution in [0.25, 0.3) is 0 Å². The van der Waals surface area contributed by atoms with Crippen LogP contribution in [0.15, 0.2) is 30.3 Å². The molecule has 0 aliphatic carbocycles. The van der Waals surface area contributed by atoms with Crippen LogP contribution in [0, 0.1) is 0 Å². The third-order valence-electron chi connectivity index (χ3n) is 1.71. The Morgan fingerprint density at radius 1 is 1.38 bits per heavy atom. The van der Waals surface area contributed by atoms with Gasteiger partial charge >= 0.3 is 6.03 Å². The van der Waals surface area contributed by atoms with Gasteiger partial charge in [0.25, 0.3) is 0 Å². The molecule has 0 saturated carbocycles. The van der Waals surface area contributed by atoms with Crippen molar-refractivity contribution in [2.24, 2.45) is 5.73 Å². The lowest BCUT2D eigenvalue weighted by Gasteiger charge is -2.13. The fraction of sp³-hybridized carbons (Fsp3) is 0.222. The Morgan fingerprint density at radius 2 is 2.00 bits per heavy atom. The summed E-state index contributed by atoms with van der Waals surface area (Å²) in [5.74, 6) is 0. The molecule has 0 radical (unpaired) electrons. The SMILES string of the molecule is C[C@H](NNC(N)=O)c1ccccc1. The minimum atomic E-state index is -0.581. The Hall–Kier alpha value is -1.55. The fourth-order valence-electron chi connectivity index (χ4n) is 1.00. The zero-order valence-corrected chi connectivity index (χ0v) is 7.45. The van der Waals surface area contributed by atoms with E-state index in [1.54, 1.807) is 0 Å². The van der Waals surface area contributed by atoms with Crippen molar-refractivity contribution in [1.82, 2.24) is 10.9 Å². The molecule has 0 heterocycles. The van der Waals surface area contributed by atoms with Gasteiger partial charge in [-0.15, -0.1) is 0 Å². The Labute approximate surface area is 77.1 Å². The molecule has 0 bridgehead atoms. The number of hydrogen-bond donors (Lipinski definition) is 3. The maximum atomic E-state index is 10.4. The molecular weight excluding hydrogens is 166 g/mol. The van der Waals surface area contributed by atoms with Gasteiger partial charge in [-0.25, -0.2) is 10.2 Å². The molecule has 1 aromatic rings. The molecule has 70 valence electrons. The Kier molecular flexibility index (Phi) is 3.28. The molecule has 0 spiro atoms. The smallest absolute Gasteiger partial charge is 0.326 e. The van der Waals surface area contributed by atoms with Crippen LogP contribution >= 0.6 is 0 Å². The second-order valence-corrected chi connectivity index (χ2v) is 2.77. The standard InChI is InChI=1S/C9H13N3O/c1-7(11-12-9(10)13)8-5-3-2-4-6-8/h2-7,11H,1H3,(H3,10,12,13)/t7-/m0/s1. The lowest BCUT2D eigenvalue weighted by Crippen LogP contribution is -2.42. The first-order valence-corrected chi connectivity index (χ1v) is 4.06. The van der Waals surface area contributed by atoms with E-state index in [0.29, 0.717) is 0 Å². The Morgan fingerprint density at radius 3 is 2.54 bits per heavy atom. The van der Waals surface area contributed by atoms with E-state index in [-0.39, 0.29) is 6.04 Å². The zero-order valence-electron chi connectivity index (χ0n) is 7.45. The quantitative estimate of drug-likeness (QED) is 0.604. The molecule has 1 atom stereocenters. The molecule has 1 aromatic carbocycles. The van der Waals surface area contributed by atoms with E-state index in [1.165, 1.54) is 0 Å². The van der Waals surface area contributed by atoms with Gasteiger partial charge in [-0.2, -0.15) is 0 Å². The van der Waals surface area contributed by atoms with Gasteiger partial charge in [0.05, 0.1) is 0 Å². The van der Waals surface area contributed by atoms with Crippen LogP contribution in [0.4, 0.5) is 4.79 Å². The highest BCUT2D eigenvalue weighted by Crippen LogP contribution is 2.09. The summed E-state index contributed by atoms with van der Waals surface area (Å²) < 4.78 is 0. The molecule has 0 saturated heterocycles. The Balaban J connectivity index is 2.49. The summed E-state index contributed by atoms with van der Waals surface area (Å²) in [6.07, 6.45) is 0. The molecule has 0 unspecified atom stereocenters. The van der Waals surface area contributed by atoms with Crippen LogP contribution in [-0.4, -0.2) is 6.03 Å². The van der Waals surface area contributed by atoms with Gasteiger partial charge in [0, 0.05) is 6.04 Å². The first kappa shape index (κ1) is 9.54. The van der Waals surface area contributed by atoms with E-state index in [0.717, 1.165) is 5.56 Å². The van der Waals surface area contributed by atoms with Gasteiger partial charge in [-0.1, -0.05) is 30.3 Å². The fourth-order valence-corrected chi connectivity index (χ4v) is 1.00. The first-order valence-electron chi connectivity index (χ1n) is 4.06. The molecule has 2 amide bonds. The van der Waals surface area contributed by atoms with Crippen molar-refractivity contribution < 1.29 is 4.79 Å². The number of rotatable bonds is 3. The summed E-state index contributed by atoms with van der Waals surface area (Å²) in [5, 5.41) is 0. The minimum absolute atomic E-state index is 0.0497. The zero-order chi connectivity index (χ0) is 9.68. The summed E-state index contributed by atoms with van der Waals surface area (Å²) in [7, 11) is 0. The van der Waals surface area contributed by atoms with Crippen molar-refractivity contribution >= 4 is 6.03 Å². The topological polar surface area (TPSA) is 67.2 Å². The number of nitrogens with two attached hydrogens (primary N) is 1. The number of nitrogens with one attached hydrogen (secondary N) is 2. The van der Waals surface area contributed by atoms with E-state index < -0.39 is 6.03 Å². The van der Waals surface area contributed by atoms with E-state index in [1.807, 2.05) is 37.3 Å². The number of primary amides is 1. The summed E-state index contributed by atoms with van der Waals surface area (Å²) in [6.45, 7) is 1.94. The molecule has 1 rings (SSSR count). The normalized spacial score (nSPS) is 12.1. The van der Waals surface area contributed by atoms with Crippen molar-refractivity contribution in [3.05, 3.63) is 35.9 Å². The van der Waals surface area contributed by atoms with Crippen LogP contribution < -0.4 is 16.6 Å². The van der Waals surface area contributed by atoms with Gasteiger partial charge in [-0.05, 0) is 12.5 Å². The number of benzene rings is 1. The third-order valence-corrected chi connectivity index (χ3v) is 1.71. The molecule has 0 fully saturated rings. The molecular formula is C9H13N3O. The second kappa shape index (κ2) is 4.47. The van der Waals surface area contributed by atoms with E-state index in [9.17, 15) is 4.79 Å². The molecule has 4 nitrogen and oxygen atoms in total. The number of hydrogen-bond acceptors (Lipinski definition) is 2. The van der Waals surface area contributed by atoms with Crippen LogP contribution in [-0.2, 0) is 0 Å². The molecule has 0 aliphatic heterocycles. The highest BCUT2D eigenvalue weighted by molar-refractivity contribution is 5.70. The summed E-state index contributed by atoms with van der Waals surface area (Å²) >= 11 is 0. The van der Waals surface area contributed by atoms with Crippen molar-refractivity contribution in [3.8, 4) is 0 Å². The molecule has 4 heteroatoms. The lowest BCUT2D eigenvalue weighted by atomic mass is 10.1. The minimum Gasteiger partial charge on any atom is -0.351 e. The number of carbonyl (C=O) groups excluding carboxylic acids is 1. The summed E-state index contributed by atoms with van der Waals surface area (Å²) in [6, 6.07) is 9.24. The predicted octanol–water partition coefficient (Wildman–Crippen LogP) is 0.920. The maximum absolute atomic E-state index is 10.4. The van der Waals surface area contributed by atoms with E-state index >= 15 is 0 Å². The summed E-state index contributed by atoms with van der Waals surface area (Å²) in [5.41, 5.74) is 11.1. The van der Waals surface area contributed by atoms with E-state index in [4.69, 9.17) is 5.73 Å². The maximum Gasteiger partial charge on any atom is 0.326 e. The number of hydrazine groups is 1. The van der Waals surface area contributed by atoms with Crippen LogP contribution in [0.1, 0.15) is 18.5 Å². The van der Waals surface area contributed by atoms with Crippen molar-refractivity contribution in [3.63, 3.8) is 0 Å². The molecule has 4 N–H and O–H groups in total. The van der Waals surface area contributed by atoms with Gasteiger partial charge in [0.1, 0.15) is 0 Å². The number of urea groups is 1.